The Bertz CT molecular complexity index is 1680. The first-order valence-electron chi connectivity index (χ1n) is 13.4. The van der Waals surface area contributed by atoms with E-state index in [2.05, 4.69) is 34.6 Å². The molecule has 0 aliphatic carbocycles. The lowest BCUT2D eigenvalue weighted by molar-refractivity contribution is -0.116. The molecule has 4 aromatic rings. The van der Waals surface area contributed by atoms with Crippen molar-refractivity contribution in [3.63, 3.8) is 0 Å². The Morgan fingerprint density at radius 1 is 1.12 bits per heavy atom. The van der Waals surface area contributed by atoms with Gasteiger partial charge in [-0.2, -0.15) is 5.10 Å². The minimum Gasteiger partial charge on any atom is -0.493 e. The first-order chi connectivity index (χ1) is 19.3. The predicted molar refractivity (Wildman–Crippen MR) is 153 cm³/mol. The van der Waals surface area contributed by atoms with Gasteiger partial charge in [-0.1, -0.05) is 17.7 Å². The average molecular weight is 543 g/mol. The van der Waals surface area contributed by atoms with E-state index in [-0.39, 0.29) is 24.6 Å². The smallest absolute Gasteiger partial charge is 0.330 e. The summed E-state index contributed by atoms with van der Waals surface area (Å²) < 4.78 is 14.8. The lowest BCUT2D eigenvalue weighted by Crippen LogP contribution is -2.42. The maximum absolute atomic E-state index is 14.0. The van der Waals surface area contributed by atoms with Gasteiger partial charge in [0.05, 0.1) is 37.0 Å². The van der Waals surface area contributed by atoms with Gasteiger partial charge in [0.25, 0.3) is 0 Å². The second kappa shape index (κ2) is 11.3. The molecule has 0 unspecified atom stereocenters. The van der Waals surface area contributed by atoms with Gasteiger partial charge in [0.15, 0.2) is 11.5 Å². The first kappa shape index (κ1) is 27.0. The zero-order valence-corrected chi connectivity index (χ0v) is 23.5. The standard InChI is InChI=1S/C30H34N6O4/c1-6-40-26-13-21-7-9-35-24(23(21)14-25(26)39-5)15-27(34-29-19(3)11-18(2)12-20(29)4)36(30(35)38)10-8-28(37)33-22-16-31-32-17-22/h11-17H,6-10H2,1-5H3,(H,31,32)(H,33,37). The largest absolute Gasteiger partial charge is 0.493 e. The molecule has 2 aromatic carbocycles. The number of amides is 1. The van der Waals surface area contributed by atoms with Crippen LogP contribution in [0.25, 0.3) is 11.3 Å². The number of anilines is 1. The van der Waals surface area contributed by atoms with Crippen LogP contribution in [-0.4, -0.2) is 39.0 Å². The molecule has 2 N–H and O–H groups in total. The monoisotopic (exact) mass is 542 g/mol. The van der Waals surface area contributed by atoms with Gasteiger partial charge in [0.1, 0.15) is 5.49 Å². The molecule has 0 saturated heterocycles. The highest BCUT2D eigenvalue weighted by Gasteiger charge is 2.23. The van der Waals surface area contributed by atoms with Crippen LogP contribution < -0.4 is 26.0 Å². The van der Waals surface area contributed by atoms with E-state index in [1.54, 1.807) is 22.4 Å². The van der Waals surface area contributed by atoms with Crippen molar-refractivity contribution in [1.82, 2.24) is 19.3 Å². The number of nitrogens with one attached hydrogen (secondary N) is 2. The zero-order chi connectivity index (χ0) is 28.4. The summed E-state index contributed by atoms with van der Waals surface area (Å²) in [6, 6.07) is 10.0. The number of H-pyrrole nitrogens is 1. The number of ether oxygens (including phenoxy) is 2. The van der Waals surface area contributed by atoms with E-state index < -0.39 is 0 Å². The molecule has 0 radical (unpaired) electrons. The Morgan fingerprint density at radius 3 is 2.58 bits per heavy atom. The van der Waals surface area contributed by atoms with Gasteiger partial charge in [0.2, 0.25) is 5.91 Å². The molecular weight excluding hydrogens is 508 g/mol. The Balaban J connectivity index is 1.65. The van der Waals surface area contributed by atoms with Gasteiger partial charge in [0, 0.05) is 37.3 Å². The fourth-order valence-electron chi connectivity index (χ4n) is 5.29. The molecule has 3 heterocycles. The van der Waals surface area contributed by atoms with Crippen LogP contribution in [0.1, 0.15) is 35.6 Å². The van der Waals surface area contributed by atoms with Crippen LogP contribution in [0.15, 0.2) is 52.5 Å². The summed E-state index contributed by atoms with van der Waals surface area (Å²) in [7, 11) is 1.61. The molecule has 40 heavy (non-hydrogen) atoms. The Morgan fingerprint density at radius 2 is 1.90 bits per heavy atom. The number of aromatic amines is 1. The van der Waals surface area contributed by atoms with E-state index in [1.165, 1.54) is 6.20 Å². The summed E-state index contributed by atoms with van der Waals surface area (Å²) in [5, 5.41) is 9.33. The normalized spacial score (nSPS) is 12.6. The molecule has 10 nitrogen and oxygen atoms in total. The number of carbonyl (C=O) groups is 1. The molecule has 1 amide bonds. The van der Waals surface area contributed by atoms with E-state index >= 15 is 0 Å². The van der Waals surface area contributed by atoms with Crippen LogP contribution in [0.4, 0.5) is 11.4 Å². The van der Waals surface area contributed by atoms with Crippen LogP contribution in [0.5, 0.6) is 11.5 Å². The maximum Gasteiger partial charge on any atom is 0.330 e. The molecule has 0 fully saturated rings. The van der Waals surface area contributed by atoms with Gasteiger partial charge in [-0.3, -0.25) is 19.0 Å². The quantitative estimate of drug-likeness (QED) is 0.346. The van der Waals surface area contributed by atoms with Gasteiger partial charge in [-0.25, -0.2) is 9.79 Å². The van der Waals surface area contributed by atoms with Gasteiger partial charge < -0.3 is 14.8 Å². The fourth-order valence-corrected chi connectivity index (χ4v) is 5.29. The third kappa shape index (κ3) is 5.29. The summed E-state index contributed by atoms with van der Waals surface area (Å²) in [5.41, 5.74) is 7.58. The Hall–Kier alpha value is -4.60. The van der Waals surface area contributed by atoms with Crippen molar-refractivity contribution < 1.29 is 14.3 Å². The molecule has 5 rings (SSSR count). The van der Waals surface area contributed by atoms with Gasteiger partial charge in [-0.05, 0) is 62.9 Å². The van der Waals surface area contributed by atoms with Gasteiger partial charge >= 0.3 is 5.69 Å². The number of aryl methyl sites for hydroxylation is 4. The number of rotatable bonds is 8. The van der Waals surface area contributed by atoms with Crippen LogP contribution in [0, 0.1) is 20.8 Å². The van der Waals surface area contributed by atoms with E-state index in [9.17, 15) is 9.59 Å². The summed E-state index contributed by atoms with van der Waals surface area (Å²) in [4.78, 5) is 31.7. The SMILES string of the molecule is CCOc1cc2c(cc1OC)-c1cc(=Nc3c(C)cc(C)cc3C)n(CCC(=O)Nc3cn[nH]c3)c(=O)n1CC2. The Labute approximate surface area is 232 Å². The molecule has 0 spiro atoms. The van der Waals surface area contributed by atoms with E-state index in [4.69, 9.17) is 14.5 Å². The minimum atomic E-state index is -0.219. The highest BCUT2D eigenvalue weighted by Crippen LogP contribution is 2.37. The fraction of sp³-hybridized carbons (Fsp3) is 0.333. The number of carbonyl (C=O) groups excluding carboxylic acids is 1. The maximum atomic E-state index is 14.0. The van der Waals surface area contributed by atoms with Crippen molar-refractivity contribution in [3.05, 3.63) is 81.0 Å². The molecule has 0 saturated carbocycles. The zero-order valence-electron chi connectivity index (χ0n) is 23.5. The molecule has 1 aliphatic heterocycles. The van der Waals surface area contributed by atoms with E-state index in [1.807, 2.05) is 39.0 Å². The number of benzene rings is 2. The summed E-state index contributed by atoms with van der Waals surface area (Å²) in [6.07, 6.45) is 3.90. The first-order valence-corrected chi connectivity index (χ1v) is 13.4. The van der Waals surface area contributed by atoms with E-state index in [0.717, 1.165) is 39.2 Å². The molecule has 0 atom stereocenters. The van der Waals surface area contributed by atoms with E-state index in [0.29, 0.717) is 42.2 Å². The van der Waals surface area contributed by atoms with Crippen LogP contribution in [0.2, 0.25) is 0 Å². The average Bonchev–Trinajstić information content (AvgIpc) is 3.43. The lowest BCUT2D eigenvalue weighted by atomic mass is 9.97. The summed E-state index contributed by atoms with van der Waals surface area (Å²) in [5.74, 6) is 1.08. The minimum absolute atomic E-state index is 0.0982. The number of nitrogens with zero attached hydrogens (tertiary/aromatic N) is 4. The van der Waals surface area contributed by atoms with Crippen molar-refractivity contribution in [3.8, 4) is 22.8 Å². The number of hydrogen-bond donors (Lipinski definition) is 2. The molecule has 0 bridgehead atoms. The molecule has 2 aromatic heterocycles. The second-order valence-corrected chi connectivity index (χ2v) is 9.96. The number of hydrogen-bond acceptors (Lipinski definition) is 6. The number of aromatic nitrogens is 4. The van der Waals surface area contributed by atoms with Crippen molar-refractivity contribution in [2.24, 2.45) is 4.99 Å². The second-order valence-electron chi connectivity index (χ2n) is 9.96. The number of methoxy groups -OCH3 is 1. The number of fused-ring (bicyclic) bond motifs is 3. The third-order valence-electron chi connectivity index (χ3n) is 7.07. The molecule has 208 valence electrons. The third-order valence-corrected chi connectivity index (χ3v) is 7.07. The summed E-state index contributed by atoms with van der Waals surface area (Å²) in [6.45, 7) is 9.22. The highest BCUT2D eigenvalue weighted by molar-refractivity contribution is 5.90. The molecule has 1 aliphatic rings. The van der Waals surface area contributed by atoms with Crippen molar-refractivity contribution >= 4 is 17.3 Å². The van der Waals surface area contributed by atoms with Gasteiger partial charge in [-0.15, -0.1) is 0 Å². The van der Waals surface area contributed by atoms with Crippen molar-refractivity contribution in [1.29, 1.82) is 0 Å². The summed E-state index contributed by atoms with van der Waals surface area (Å²) >= 11 is 0. The van der Waals surface area contributed by atoms with Crippen LogP contribution in [-0.2, 0) is 24.3 Å². The molecule has 10 heteroatoms. The van der Waals surface area contributed by atoms with Crippen LogP contribution >= 0.6 is 0 Å². The predicted octanol–water partition coefficient (Wildman–Crippen LogP) is 4.19. The van der Waals surface area contributed by atoms with Crippen molar-refractivity contribution in [2.75, 3.05) is 19.0 Å². The molecular formula is C30H34N6O4. The van der Waals surface area contributed by atoms with Crippen LogP contribution in [0.3, 0.4) is 0 Å². The Kier molecular flexibility index (Phi) is 7.59. The van der Waals surface area contributed by atoms with Crippen molar-refractivity contribution in [2.45, 2.75) is 53.6 Å². The lowest BCUT2D eigenvalue weighted by Gasteiger charge is -2.25. The topological polar surface area (TPSA) is 116 Å². The highest BCUT2D eigenvalue weighted by atomic mass is 16.5.